The van der Waals surface area contributed by atoms with Gasteiger partial charge in [-0.15, -0.1) is 0 Å². The van der Waals surface area contributed by atoms with E-state index >= 15 is 0 Å². The van der Waals surface area contributed by atoms with Crippen LogP contribution in [0.5, 0.6) is 5.75 Å². The summed E-state index contributed by atoms with van der Waals surface area (Å²) in [4.78, 5) is 39.7. The van der Waals surface area contributed by atoms with Crippen molar-refractivity contribution in [2.75, 3.05) is 13.1 Å². The second-order valence-corrected chi connectivity index (χ2v) is 8.52. The molecule has 0 aliphatic carbocycles. The minimum atomic E-state index is -1.03. The van der Waals surface area contributed by atoms with Gasteiger partial charge in [0, 0.05) is 18.2 Å². The Morgan fingerprint density at radius 3 is 2.32 bits per heavy atom. The minimum absolute atomic E-state index is 0.0700. The van der Waals surface area contributed by atoms with Crippen LogP contribution < -0.4 is 10.6 Å². The molecule has 2 unspecified atom stereocenters. The van der Waals surface area contributed by atoms with Gasteiger partial charge in [0.25, 0.3) is 0 Å². The van der Waals surface area contributed by atoms with Crippen LogP contribution in [0.4, 0.5) is 4.79 Å². The van der Waals surface area contributed by atoms with Crippen LogP contribution in [-0.2, 0) is 14.3 Å². The zero-order chi connectivity index (χ0) is 23.6. The van der Waals surface area contributed by atoms with Crippen LogP contribution in [0.2, 0.25) is 0 Å². The van der Waals surface area contributed by atoms with E-state index in [4.69, 9.17) is 4.74 Å². The average Bonchev–Trinajstić information content (AvgIpc) is 2.69. The molecular formula is C23H37N3O5. The molecule has 0 saturated carbocycles. The monoisotopic (exact) mass is 435 g/mol. The van der Waals surface area contributed by atoms with Gasteiger partial charge in [-0.1, -0.05) is 38.5 Å². The third-order valence-electron chi connectivity index (χ3n) is 4.72. The molecule has 0 saturated heterocycles. The maximum Gasteiger partial charge on any atom is 0.408 e. The molecule has 1 rings (SSSR count). The van der Waals surface area contributed by atoms with E-state index in [1.165, 1.54) is 11.0 Å². The SMILES string of the molecule is CCCCNC(=O)C(c1ccccc1O)N(C(=O)CNC(=O)OC(C)(C)C)C(C)CC. The number of para-hydroxylation sites is 1. The number of phenolic OH excluding ortho intramolecular Hbond substituents is 1. The predicted octanol–water partition coefficient (Wildman–Crippen LogP) is 3.50. The summed E-state index contributed by atoms with van der Waals surface area (Å²) in [6, 6.07) is 5.14. The largest absolute Gasteiger partial charge is 0.508 e. The predicted molar refractivity (Wildman–Crippen MR) is 120 cm³/mol. The molecule has 2 atom stereocenters. The Hall–Kier alpha value is -2.77. The molecule has 3 amide bonds. The lowest BCUT2D eigenvalue weighted by atomic mass is 10.00. The fourth-order valence-electron chi connectivity index (χ4n) is 3.02. The lowest BCUT2D eigenvalue weighted by Gasteiger charge is -2.36. The maximum absolute atomic E-state index is 13.2. The third kappa shape index (κ3) is 8.47. The average molecular weight is 436 g/mol. The number of alkyl carbamates (subject to hydrolysis) is 1. The summed E-state index contributed by atoms with van der Waals surface area (Å²) in [6.45, 7) is 11.1. The molecule has 0 aliphatic heterocycles. The number of rotatable bonds is 10. The van der Waals surface area contributed by atoms with Crippen molar-refractivity contribution in [3.05, 3.63) is 29.8 Å². The summed E-state index contributed by atoms with van der Waals surface area (Å²) >= 11 is 0. The number of amides is 3. The Bertz CT molecular complexity index is 745. The smallest absolute Gasteiger partial charge is 0.408 e. The molecule has 0 radical (unpaired) electrons. The Morgan fingerprint density at radius 2 is 1.77 bits per heavy atom. The summed E-state index contributed by atoms with van der Waals surface area (Å²) in [6.07, 6.45) is 1.59. The lowest BCUT2D eigenvalue weighted by molar-refractivity contribution is -0.142. The van der Waals surface area contributed by atoms with Gasteiger partial charge in [-0.3, -0.25) is 9.59 Å². The number of hydrogen-bond acceptors (Lipinski definition) is 5. The number of ether oxygens (including phenoxy) is 1. The minimum Gasteiger partial charge on any atom is -0.508 e. The number of benzene rings is 1. The van der Waals surface area contributed by atoms with Crippen LogP contribution in [0.25, 0.3) is 0 Å². The van der Waals surface area contributed by atoms with E-state index in [1.54, 1.807) is 39.0 Å². The van der Waals surface area contributed by atoms with Gasteiger partial charge in [0.15, 0.2) is 0 Å². The van der Waals surface area contributed by atoms with Crippen LogP contribution in [0.15, 0.2) is 24.3 Å². The molecule has 3 N–H and O–H groups in total. The Labute approximate surface area is 185 Å². The highest BCUT2D eigenvalue weighted by Crippen LogP contribution is 2.31. The second kappa shape index (κ2) is 12.2. The first-order valence-corrected chi connectivity index (χ1v) is 10.8. The molecule has 0 aromatic heterocycles. The molecule has 8 heteroatoms. The number of nitrogens with zero attached hydrogens (tertiary/aromatic N) is 1. The van der Waals surface area contributed by atoms with E-state index in [-0.39, 0.29) is 24.2 Å². The number of phenols is 1. The van der Waals surface area contributed by atoms with Gasteiger partial charge in [0.1, 0.15) is 23.9 Å². The van der Waals surface area contributed by atoms with Crippen molar-refractivity contribution in [1.82, 2.24) is 15.5 Å². The number of hydrogen-bond donors (Lipinski definition) is 3. The normalized spacial score (nSPS) is 13.1. The van der Waals surface area contributed by atoms with Crippen molar-refractivity contribution in [2.24, 2.45) is 0 Å². The first-order chi connectivity index (χ1) is 14.5. The van der Waals surface area contributed by atoms with Crippen molar-refractivity contribution >= 4 is 17.9 Å². The molecule has 1 aromatic carbocycles. The fourth-order valence-corrected chi connectivity index (χ4v) is 3.02. The Balaban J connectivity index is 3.19. The van der Waals surface area contributed by atoms with Crippen LogP contribution in [-0.4, -0.2) is 52.6 Å². The van der Waals surface area contributed by atoms with Gasteiger partial charge in [0.2, 0.25) is 11.8 Å². The number of carbonyl (C=O) groups is 3. The Kier molecular flexibility index (Phi) is 10.3. The lowest BCUT2D eigenvalue weighted by Crippen LogP contribution is -2.51. The van der Waals surface area contributed by atoms with Crippen LogP contribution in [0, 0.1) is 0 Å². The summed E-state index contributed by atoms with van der Waals surface area (Å²) in [5.74, 6) is -0.890. The topological polar surface area (TPSA) is 108 Å². The van der Waals surface area contributed by atoms with E-state index in [2.05, 4.69) is 10.6 Å². The number of aromatic hydroxyl groups is 1. The number of carbonyl (C=O) groups excluding carboxylic acids is 3. The summed E-state index contributed by atoms with van der Waals surface area (Å²) < 4.78 is 5.19. The highest BCUT2D eigenvalue weighted by Gasteiger charge is 2.35. The van der Waals surface area contributed by atoms with Gasteiger partial charge < -0.3 is 25.4 Å². The van der Waals surface area contributed by atoms with Gasteiger partial charge in [-0.05, 0) is 46.6 Å². The first-order valence-electron chi connectivity index (χ1n) is 10.8. The van der Waals surface area contributed by atoms with Gasteiger partial charge in [-0.25, -0.2) is 4.79 Å². The molecule has 0 spiro atoms. The van der Waals surface area contributed by atoms with Gasteiger partial charge in [-0.2, -0.15) is 0 Å². The van der Waals surface area contributed by atoms with Crippen LogP contribution in [0.1, 0.15) is 72.4 Å². The standard InChI is InChI=1S/C23H37N3O5/c1-7-9-14-24-21(29)20(17-12-10-11-13-18(17)27)26(16(3)8-2)19(28)15-25-22(30)31-23(4,5)6/h10-13,16,20,27H,7-9,14-15H2,1-6H3,(H,24,29)(H,25,30). The third-order valence-corrected chi connectivity index (χ3v) is 4.72. The fraction of sp³-hybridized carbons (Fsp3) is 0.609. The van der Waals surface area contributed by atoms with Crippen molar-refractivity contribution in [3.8, 4) is 5.75 Å². The molecule has 0 aliphatic rings. The zero-order valence-electron chi connectivity index (χ0n) is 19.5. The van der Waals surface area contributed by atoms with Crippen molar-refractivity contribution in [3.63, 3.8) is 0 Å². The first kappa shape index (κ1) is 26.3. The number of nitrogens with one attached hydrogen (secondary N) is 2. The Morgan fingerprint density at radius 1 is 1.13 bits per heavy atom. The van der Waals surface area contributed by atoms with E-state index in [9.17, 15) is 19.5 Å². The molecule has 1 aromatic rings. The molecule has 31 heavy (non-hydrogen) atoms. The summed E-state index contributed by atoms with van der Waals surface area (Å²) in [7, 11) is 0. The van der Waals surface area contributed by atoms with Gasteiger partial charge >= 0.3 is 6.09 Å². The van der Waals surface area contributed by atoms with E-state index in [0.717, 1.165) is 12.8 Å². The molecule has 0 fully saturated rings. The highest BCUT2D eigenvalue weighted by atomic mass is 16.6. The number of unbranched alkanes of at least 4 members (excludes halogenated alkanes) is 1. The quantitative estimate of drug-likeness (QED) is 0.488. The molecule has 0 heterocycles. The van der Waals surface area contributed by atoms with E-state index < -0.39 is 23.6 Å². The van der Waals surface area contributed by atoms with Crippen molar-refractivity contribution in [1.29, 1.82) is 0 Å². The maximum atomic E-state index is 13.2. The van der Waals surface area contributed by atoms with E-state index in [0.29, 0.717) is 18.5 Å². The van der Waals surface area contributed by atoms with Crippen molar-refractivity contribution in [2.45, 2.75) is 78.5 Å². The van der Waals surface area contributed by atoms with Gasteiger partial charge in [0.05, 0.1) is 0 Å². The van der Waals surface area contributed by atoms with Crippen LogP contribution >= 0.6 is 0 Å². The molecule has 174 valence electrons. The van der Waals surface area contributed by atoms with E-state index in [1.807, 2.05) is 20.8 Å². The van der Waals surface area contributed by atoms with Crippen LogP contribution in [0.3, 0.4) is 0 Å². The second-order valence-electron chi connectivity index (χ2n) is 8.52. The molecule has 8 nitrogen and oxygen atoms in total. The summed E-state index contributed by atoms with van der Waals surface area (Å²) in [5.41, 5.74) is -0.358. The zero-order valence-corrected chi connectivity index (χ0v) is 19.5. The molecular weight excluding hydrogens is 398 g/mol. The molecule has 0 bridgehead atoms. The summed E-state index contributed by atoms with van der Waals surface area (Å²) in [5, 5.41) is 15.8. The highest BCUT2D eigenvalue weighted by molar-refractivity contribution is 5.91. The van der Waals surface area contributed by atoms with Crippen molar-refractivity contribution < 1.29 is 24.2 Å².